The van der Waals surface area contributed by atoms with Crippen molar-refractivity contribution in [1.29, 1.82) is 0 Å². The zero-order valence-corrected chi connectivity index (χ0v) is 24.1. The van der Waals surface area contributed by atoms with Crippen LogP contribution in [0, 0.1) is 18.2 Å². The van der Waals surface area contributed by atoms with Crippen LogP contribution in [0.3, 0.4) is 0 Å². The van der Waals surface area contributed by atoms with Gasteiger partial charge in [0.1, 0.15) is 0 Å². The molecule has 3 aromatic rings. The van der Waals surface area contributed by atoms with E-state index in [0.717, 1.165) is 11.1 Å². The van der Waals surface area contributed by atoms with Gasteiger partial charge in [-0.25, -0.2) is 0 Å². The van der Waals surface area contributed by atoms with Crippen molar-refractivity contribution < 1.29 is 9.60 Å². The van der Waals surface area contributed by atoms with Gasteiger partial charge in [-0.1, -0.05) is 106 Å². The lowest BCUT2D eigenvalue weighted by Crippen LogP contribution is -2.17. The van der Waals surface area contributed by atoms with E-state index >= 15 is 0 Å². The first-order valence-corrected chi connectivity index (χ1v) is 13.0. The SMILES string of the molecule is [2H]C([2H])([2H])c1ccc(-c2cc(C([2H])([2H])C(C)C)c(C([2H])([2H])C(C)(C)C)cn2)cc1-c1ccc(C(C)(C)C)cc1C(C)(C)C. The number of rotatable bonds is 5. The minimum absolute atomic E-state index is 0.0806. The molecule has 0 saturated carbocycles. The van der Waals surface area contributed by atoms with Gasteiger partial charge in [0.25, 0.3) is 0 Å². The van der Waals surface area contributed by atoms with Gasteiger partial charge in [-0.05, 0) is 92.8 Å². The highest BCUT2D eigenvalue weighted by atomic mass is 14.7. The fraction of sp³-hybridized carbons (Fsp3) is 0.514. The van der Waals surface area contributed by atoms with Crippen molar-refractivity contribution in [2.24, 2.45) is 11.3 Å². The molecule has 0 spiro atoms. The lowest BCUT2D eigenvalue weighted by molar-refractivity contribution is 0.408. The summed E-state index contributed by atoms with van der Waals surface area (Å²) in [7, 11) is 0. The molecular weight excluding hydrogens is 434 g/mol. The van der Waals surface area contributed by atoms with Crippen molar-refractivity contribution in [2.75, 3.05) is 0 Å². The number of hydrogen-bond donors (Lipinski definition) is 0. The molecule has 0 saturated heterocycles. The number of nitrogens with zero attached hydrogens (tertiary/aromatic N) is 1. The quantitative estimate of drug-likeness (QED) is 0.346. The third-order valence-electron chi connectivity index (χ3n) is 6.16. The highest BCUT2D eigenvalue weighted by Gasteiger charge is 2.24. The van der Waals surface area contributed by atoms with Gasteiger partial charge in [-0.2, -0.15) is 0 Å². The van der Waals surface area contributed by atoms with Gasteiger partial charge in [-0.3, -0.25) is 4.98 Å². The predicted molar refractivity (Wildman–Crippen MR) is 159 cm³/mol. The van der Waals surface area contributed by atoms with Gasteiger partial charge < -0.3 is 0 Å². The summed E-state index contributed by atoms with van der Waals surface area (Å²) in [4.78, 5) is 4.66. The molecule has 0 amide bonds. The average molecular weight is 491 g/mol. The van der Waals surface area contributed by atoms with Crippen molar-refractivity contribution in [3.05, 3.63) is 76.5 Å². The van der Waals surface area contributed by atoms with Crippen molar-refractivity contribution in [1.82, 2.24) is 4.98 Å². The van der Waals surface area contributed by atoms with Crippen LogP contribution in [0.2, 0.25) is 0 Å². The summed E-state index contributed by atoms with van der Waals surface area (Å²) in [6.45, 7) is 19.5. The van der Waals surface area contributed by atoms with Gasteiger partial charge in [0, 0.05) is 21.4 Å². The van der Waals surface area contributed by atoms with Crippen LogP contribution < -0.4 is 0 Å². The number of aryl methyl sites for hydroxylation is 1. The molecular formula is C35H49N. The zero-order chi connectivity index (χ0) is 33.1. The van der Waals surface area contributed by atoms with E-state index in [4.69, 9.17) is 9.60 Å². The minimum Gasteiger partial charge on any atom is -0.256 e. The van der Waals surface area contributed by atoms with E-state index < -0.39 is 30.9 Å². The Labute approximate surface area is 231 Å². The molecule has 0 aliphatic carbocycles. The van der Waals surface area contributed by atoms with Gasteiger partial charge in [-0.15, -0.1) is 0 Å². The van der Waals surface area contributed by atoms with E-state index in [1.165, 1.54) is 11.8 Å². The predicted octanol–water partition coefficient (Wildman–Crippen LogP) is 10.1. The molecule has 0 radical (unpaired) electrons. The monoisotopic (exact) mass is 490 g/mol. The number of hydrogen-bond acceptors (Lipinski definition) is 1. The first kappa shape index (κ1) is 19.7. The third kappa shape index (κ3) is 6.87. The molecule has 0 atom stereocenters. The van der Waals surface area contributed by atoms with E-state index in [1.54, 1.807) is 52.8 Å². The van der Waals surface area contributed by atoms with Crippen LogP contribution in [0.15, 0.2) is 48.7 Å². The van der Waals surface area contributed by atoms with Gasteiger partial charge >= 0.3 is 0 Å². The third-order valence-corrected chi connectivity index (χ3v) is 6.16. The van der Waals surface area contributed by atoms with E-state index in [2.05, 4.69) is 58.7 Å². The molecule has 36 heavy (non-hydrogen) atoms. The van der Waals surface area contributed by atoms with Gasteiger partial charge in [0.2, 0.25) is 0 Å². The first-order chi connectivity index (χ1) is 19.2. The Balaban J connectivity index is 2.40. The average Bonchev–Trinajstić information content (AvgIpc) is 2.85. The maximum atomic E-state index is 8.96. The van der Waals surface area contributed by atoms with E-state index in [1.807, 2.05) is 12.1 Å². The summed E-state index contributed by atoms with van der Waals surface area (Å²) < 4.78 is 60.9. The molecule has 1 nitrogen and oxygen atoms in total. The van der Waals surface area contributed by atoms with Crippen LogP contribution in [-0.4, -0.2) is 4.98 Å². The van der Waals surface area contributed by atoms with E-state index in [9.17, 15) is 0 Å². The Kier molecular flexibility index (Phi) is 5.55. The Morgan fingerprint density at radius 1 is 0.806 bits per heavy atom. The van der Waals surface area contributed by atoms with Crippen molar-refractivity contribution in [3.63, 3.8) is 0 Å². The fourth-order valence-corrected chi connectivity index (χ4v) is 4.34. The molecule has 194 valence electrons. The second-order valence-corrected chi connectivity index (χ2v) is 13.3. The Bertz CT molecular complexity index is 1480. The molecule has 0 bridgehead atoms. The van der Waals surface area contributed by atoms with E-state index in [-0.39, 0.29) is 27.5 Å². The topological polar surface area (TPSA) is 12.9 Å². The standard InChI is InChI=1S/C35H49N/c1-23(2)17-26-19-32(36-22-27(26)21-33(4,5)6)25-14-13-24(3)30(18-25)29-16-15-28(34(7,8)9)20-31(29)35(10,11)12/h13-16,18-20,22-23H,17,21H2,1-12H3/i3D3,17D2,21D2. The summed E-state index contributed by atoms with van der Waals surface area (Å²) >= 11 is 0. The summed E-state index contributed by atoms with van der Waals surface area (Å²) in [5.74, 6) is -0.415. The number of pyridine rings is 1. The maximum absolute atomic E-state index is 8.96. The second kappa shape index (κ2) is 10.2. The summed E-state index contributed by atoms with van der Waals surface area (Å²) in [6, 6.07) is 13.1. The highest BCUT2D eigenvalue weighted by Crippen LogP contribution is 2.39. The molecule has 3 rings (SSSR count). The second-order valence-electron chi connectivity index (χ2n) is 13.3. The molecule has 1 aromatic heterocycles. The van der Waals surface area contributed by atoms with E-state index in [0.29, 0.717) is 16.8 Å². The lowest BCUT2D eigenvalue weighted by atomic mass is 9.76. The zero-order valence-electron chi connectivity index (χ0n) is 31.1. The molecule has 1 heterocycles. The molecule has 0 fully saturated rings. The van der Waals surface area contributed by atoms with Gasteiger partial charge in [0.15, 0.2) is 0 Å². The molecule has 0 aliphatic heterocycles. The minimum atomic E-state index is -2.36. The lowest BCUT2D eigenvalue weighted by Gasteiger charge is -2.28. The van der Waals surface area contributed by atoms with Gasteiger partial charge in [0.05, 0.1) is 5.69 Å². The van der Waals surface area contributed by atoms with Crippen LogP contribution in [0.25, 0.3) is 22.4 Å². The van der Waals surface area contributed by atoms with Crippen molar-refractivity contribution >= 4 is 0 Å². The molecule has 0 aliphatic rings. The highest BCUT2D eigenvalue weighted by molar-refractivity contribution is 5.77. The Hall–Kier alpha value is -2.41. The normalized spacial score (nSPS) is 16.9. The summed E-state index contributed by atoms with van der Waals surface area (Å²) in [5.41, 5.74) is 4.34. The molecule has 0 N–H and O–H groups in total. The first-order valence-electron chi connectivity index (χ1n) is 16.5. The van der Waals surface area contributed by atoms with Crippen LogP contribution in [-0.2, 0) is 23.6 Å². The maximum Gasteiger partial charge on any atom is 0.0705 e. The number of aromatic nitrogens is 1. The smallest absolute Gasteiger partial charge is 0.0705 e. The molecule has 0 unspecified atom stereocenters. The fourth-order valence-electron chi connectivity index (χ4n) is 4.34. The molecule has 1 heteroatoms. The van der Waals surface area contributed by atoms with Crippen LogP contribution in [0.5, 0.6) is 0 Å². The largest absolute Gasteiger partial charge is 0.256 e. The molecule has 2 aromatic carbocycles. The van der Waals surface area contributed by atoms with Crippen LogP contribution in [0.1, 0.15) is 114 Å². The Morgan fingerprint density at radius 2 is 1.50 bits per heavy atom. The number of benzene rings is 2. The van der Waals surface area contributed by atoms with Crippen molar-refractivity contribution in [3.8, 4) is 22.4 Å². The summed E-state index contributed by atoms with van der Waals surface area (Å²) in [5, 5.41) is 0. The summed E-state index contributed by atoms with van der Waals surface area (Å²) in [6.07, 6.45) is -2.20. The van der Waals surface area contributed by atoms with Crippen molar-refractivity contribution in [2.45, 2.75) is 107 Å². The van der Waals surface area contributed by atoms with Crippen LogP contribution in [0.4, 0.5) is 0 Å². The Morgan fingerprint density at radius 3 is 2.06 bits per heavy atom. The van der Waals surface area contributed by atoms with Crippen LogP contribution >= 0.6 is 0 Å².